The quantitative estimate of drug-likeness (QED) is 0.408. The zero-order valence-electron chi connectivity index (χ0n) is 19.9. The number of rotatable bonds is 5. The van der Waals surface area contributed by atoms with E-state index in [0.717, 1.165) is 11.1 Å². The molecule has 4 rings (SSSR count). The Hall–Kier alpha value is -3.93. The van der Waals surface area contributed by atoms with E-state index in [-0.39, 0.29) is 11.6 Å². The molecule has 1 heterocycles. The topological polar surface area (TPSA) is 73.2 Å². The molecule has 0 spiro atoms. The van der Waals surface area contributed by atoms with Gasteiger partial charge in [-0.25, -0.2) is 9.78 Å². The van der Waals surface area contributed by atoms with Crippen LogP contribution >= 0.6 is 0 Å². The van der Waals surface area contributed by atoms with Gasteiger partial charge in [0, 0.05) is 5.69 Å². The highest BCUT2D eigenvalue weighted by Gasteiger charge is 2.21. The van der Waals surface area contributed by atoms with Crippen molar-refractivity contribution in [3.05, 3.63) is 106 Å². The summed E-state index contributed by atoms with van der Waals surface area (Å²) in [5, 5.41) is 3.15. The zero-order valence-corrected chi connectivity index (χ0v) is 19.9. The first-order valence-corrected chi connectivity index (χ1v) is 11.3. The number of fused-ring (bicyclic) bond motifs is 1. The van der Waals surface area contributed by atoms with E-state index < -0.39 is 11.7 Å². The Morgan fingerprint density at radius 3 is 2.29 bits per heavy atom. The predicted molar refractivity (Wildman–Crippen MR) is 135 cm³/mol. The Morgan fingerprint density at radius 2 is 1.65 bits per heavy atom. The summed E-state index contributed by atoms with van der Waals surface area (Å²) in [5.41, 5.74) is 2.45. The number of carbonyl (C=O) groups excluding carboxylic acids is 1. The first-order chi connectivity index (χ1) is 16.2. The van der Waals surface area contributed by atoms with Gasteiger partial charge in [-0.05, 0) is 63.4 Å². The molecule has 0 aliphatic carbocycles. The van der Waals surface area contributed by atoms with Crippen molar-refractivity contribution >= 4 is 22.7 Å². The molecule has 174 valence electrons. The number of hydrogen-bond donors (Lipinski definition) is 1. The van der Waals surface area contributed by atoms with Gasteiger partial charge in [-0.15, -0.1) is 0 Å². The van der Waals surface area contributed by atoms with E-state index in [4.69, 9.17) is 9.72 Å². The third-order valence-electron chi connectivity index (χ3n) is 5.49. The molecule has 0 aliphatic rings. The Balaban J connectivity index is 1.79. The highest BCUT2D eigenvalue weighted by atomic mass is 16.6. The van der Waals surface area contributed by atoms with Crippen LogP contribution in [-0.2, 0) is 11.2 Å². The van der Waals surface area contributed by atoms with E-state index >= 15 is 0 Å². The molecule has 4 aromatic rings. The third kappa shape index (κ3) is 5.34. The van der Waals surface area contributed by atoms with Gasteiger partial charge in [-0.3, -0.25) is 14.7 Å². The molecular weight excluding hydrogens is 426 g/mol. The molecule has 0 bridgehead atoms. The second-order valence-corrected chi connectivity index (χ2v) is 9.31. The number of nitrogens with one attached hydrogen (secondary N) is 1. The van der Waals surface area contributed by atoms with Crippen LogP contribution in [0.2, 0.25) is 0 Å². The van der Waals surface area contributed by atoms with E-state index in [2.05, 4.69) is 17.4 Å². The fourth-order valence-electron chi connectivity index (χ4n) is 4.05. The van der Waals surface area contributed by atoms with E-state index in [1.807, 2.05) is 55.5 Å². The average molecular weight is 456 g/mol. The van der Waals surface area contributed by atoms with E-state index in [1.54, 1.807) is 43.5 Å². The Morgan fingerprint density at radius 1 is 1.00 bits per heavy atom. The number of carbonyl (C=O) groups is 1. The summed E-state index contributed by atoms with van der Waals surface area (Å²) >= 11 is 0. The molecule has 6 nitrogen and oxygen atoms in total. The van der Waals surface area contributed by atoms with Gasteiger partial charge in [-0.1, -0.05) is 60.7 Å². The molecule has 0 saturated carbocycles. The Kier molecular flexibility index (Phi) is 6.50. The van der Waals surface area contributed by atoms with Crippen LogP contribution in [0.5, 0.6) is 0 Å². The highest BCUT2D eigenvalue weighted by molar-refractivity contribution is 5.89. The van der Waals surface area contributed by atoms with Crippen LogP contribution in [-0.4, -0.2) is 21.2 Å². The monoisotopic (exact) mass is 455 g/mol. The Bertz CT molecular complexity index is 1360. The fourth-order valence-corrected chi connectivity index (χ4v) is 4.05. The van der Waals surface area contributed by atoms with Gasteiger partial charge in [0.15, 0.2) is 0 Å². The smallest absolute Gasteiger partial charge is 0.412 e. The number of nitrogens with zero attached hydrogens (tertiary/aromatic N) is 2. The van der Waals surface area contributed by atoms with Gasteiger partial charge < -0.3 is 4.74 Å². The molecule has 0 aliphatic heterocycles. The number of hydrogen-bond acceptors (Lipinski definition) is 4. The zero-order chi connectivity index (χ0) is 24.3. The number of amides is 1. The highest BCUT2D eigenvalue weighted by Crippen LogP contribution is 2.25. The maximum absolute atomic E-state index is 13.8. The van der Waals surface area contributed by atoms with Crippen molar-refractivity contribution in [1.29, 1.82) is 0 Å². The van der Waals surface area contributed by atoms with Crippen LogP contribution in [0.25, 0.3) is 10.9 Å². The van der Waals surface area contributed by atoms with Gasteiger partial charge in [0.25, 0.3) is 5.56 Å². The second-order valence-electron chi connectivity index (χ2n) is 9.31. The normalized spacial score (nSPS) is 12.4. The van der Waals surface area contributed by atoms with Crippen molar-refractivity contribution in [3.8, 4) is 0 Å². The van der Waals surface area contributed by atoms with Crippen molar-refractivity contribution in [2.24, 2.45) is 0 Å². The van der Waals surface area contributed by atoms with Crippen LogP contribution in [0.1, 0.15) is 43.8 Å². The lowest BCUT2D eigenvalue weighted by Gasteiger charge is -2.23. The standard InChI is InChI=1S/C28H29N3O3/c1-19-29-24-16-15-22(30-27(33)34-28(2,3)4)18-23(24)26(32)31(19)25(21-13-9-6-10-14-21)17-20-11-7-5-8-12-20/h5-16,18,25H,17H2,1-4H3,(H,30,33). The molecule has 1 aromatic heterocycles. The van der Waals surface area contributed by atoms with Crippen LogP contribution in [0.15, 0.2) is 83.7 Å². The van der Waals surface area contributed by atoms with Crippen LogP contribution in [0, 0.1) is 6.92 Å². The van der Waals surface area contributed by atoms with Crippen molar-refractivity contribution in [1.82, 2.24) is 9.55 Å². The van der Waals surface area contributed by atoms with E-state index in [1.165, 1.54) is 0 Å². The van der Waals surface area contributed by atoms with Crippen LogP contribution in [0.3, 0.4) is 0 Å². The Labute approximate surface area is 199 Å². The molecule has 0 fully saturated rings. The van der Waals surface area contributed by atoms with Crippen LogP contribution < -0.4 is 10.9 Å². The molecule has 0 saturated heterocycles. The minimum absolute atomic E-state index is 0.153. The number of aryl methyl sites for hydroxylation is 1. The lowest BCUT2D eigenvalue weighted by molar-refractivity contribution is 0.0636. The number of benzene rings is 3. The average Bonchev–Trinajstić information content (AvgIpc) is 2.79. The molecule has 6 heteroatoms. The first kappa shape index (κ1) is 23.2. The van der Waals surface area contributed by atoms with Gasteiger partial charge in [-0.2, -0.15) is 0 Å². The largest absolute Gasteiger partial charge is 0.444 e. The minimum atomic E-state index is -0.618. The maximum atomic E-state index is 13.8. The molecule has 1 unspecified atom stereocenters. The number of anilines is 1. The molecular formula is C28H29N3O3. The summed E-state index contributed by atoms with van der Waals surface area (Å²) in [4.78, 5) is 30.8. The lowest BCUT2D eigenvalue weighted by atomic mass is 9.98. The summed E-state index contributed by atoms with van der Waals surface area (Å²) in [6.07, 6.45) is 0.0766. The van der Waals surface area contributed by atoms with Gasteiger partial charge in [0.2, 0.25) is 0 Å². The summed E-state index contributed by atoms with van der Waals surface area (Å²) in [5.74, 6) is 0.634. The van der Waals surface area contributed by atoms with Crippen molar-refractivity contribution in [2.75, 3.05) is 5.32 Å². The minimum Gasteiger partial charge on any atom is -0.444 e. The molecule has 1 N–H and O–H groups in total. The maximum Gasteiger partial charge on any atom is 0.412 e. The summed E-state index contributed by atoms with van der Waals surface area (Å²) < 4.78 is 7.09. The van der Waals surface area contributed by atoms with Crippen molar-refractivity contribution in [3.63, 3.8) is 0 Å². The summed E-state index contributed by atoms with van der Waals surface area (Å²) in [6.45, 7) is 7.26. The SMILES string of the molecule is Cc1nc2ccc(NC(=O)OC(C)(C)C)cc2c(=O)n1C(Cc1ccccc1)c1ccccc1. The van der Waals surface area contributed by atoms with Crippen molar-refractivity contribution < 1.29 is 9.53 Å². The summed E-state index contributed by atoms with van der Waals surface area (Å²) in [7, 11) is 0. The van der Waals surface area contributed by atoms with E-state index in [0.29, 0.717) is 28.8 Å². The molecule has 0 radical (unpaired) electrons. The molecule has 1 atom stereocenters. The van der Waals surface area contributed by atoms with Crippen LogP contribution in [0.4, 0.5) is 10.5 Å². The number of aromatic nitrogens is 2. The van der Waals surface area contributed by atoms with Gasteiger partial charge in [0.05, 0.1) is 16.9 Å². The summed E-state index contributed by atoms with van der Waals surface area (Å²) in [6, 6.07) is 25.0. The third-order valence-corrected chi connectivity index (χ3v) is 5.49. The molecule has 3 aromatic carbocycles. The molecule has 34 heavy (non-hydrogen) atoms. The van der Waals surface area contributed by atoms with Gasteiger partial charge >= 0.3 is 6.09 Å². The number of ether oxygens (including phenoxy) is 1. The second kappa shape index (κ2) is 9.51. The molecule has 1 amide bonds. The van der Waals surface area contributed by atoms with Crippen molar-refractivity contribution in [2.45, 2.75) is 45.8 Å². The van der Waals surface area contributed by atoms with Gasteiger partial charge in [0.1, 0.15) is 11.4 Å². The predicted octanol–water partition coefficient (Wildman–Crippen LogP) is 5.88. The lowest BCUT2D eigenvalue weighted by Crippen LogP contribution is -2.30. The fraction of sp³-hybridized carbons (Fsp3) is 0.250. The first-order valence-electron chi connectivity index (χ1n) is 11.3. The van der Waals surface area contributed by atoms with E-state index in [9.17, 15) is 9.59 Å².